The van der Waals surface area contributed by atoms with Gasteiger partial charge in [0.1, 0.15) is 0 Å². The lowest BCUT2D eigenvalue weighted by molar-refractivity contribution is 0.0697. The third-order valence-electron chi connectivity index (χ3n) is 3.97. The number of nitrogens with zero attached hydrogens (tertiary/aromatic N) is 1. The maximum Gasteiger partial charge on any atom is 0.335 e. The number of carbonyl (C=O) groups is 1. The fraction of sp³-hybridized carbons (Fsp3) is 0.222. The first-order chi connectivity index (χ1) is 11.1. The molecule has 2 aromatic carbocycles. The number of imidazole rings is 1. The lowest BCUT2D eigenvalue weighted by Crippen LogP contribution is -2.16. The van der Waals surface area contributed by atoms with Gasteiger partial charge in [-0.3, -0.25) is 4.57 Å². The van der Waals surface area contributed by atoms with Gasteiger partial charge in [0, 0.05) is 6.54 Å². The summed E-state index contributed by atoms with van der Waals surface area (Å²) in [6.45, 7) is 2.81. The van der Waals surface area contributed by atoms with Crippen LogP contribution in [0.1, 0.15) is 30.1 Å². The number of rotatable bonds is 5. The third-order valence-corrected chi connectivity index (χ3v) is 3.97. The molecule has 0 atom stereocenters. The predicted molar refractivity (Wildman–Crippen MR) is 89.9 cm³/mol. The molecule has 0 amide bonds. The van der Waals surface area contributed by atoms with Crippen molar-refractivity contribution in [2.45, 2.75) is 26.3 Å². The summed E-state index contributed by atoms with van der Waals surface area (Å²) in [5.41, 5.74) is 3.72. The van der Waals surface area contributed by atoms with Crippen molar-refractivity contribution in [3.8, 4) is 11.1 Å². The smallest absolute Gasteiger partial charge is 0.335 e. The zero-order chi connectivity index (χ0) is 16.4. The molecule has 0 aliphatic rings. The van der Waals surface area contributed by atoms with Crippen LogP contribution in [0.4, 0.5) is 0 Å². The normalized spacial score (nSPS) is 11.0. The van der Waals surface area contributed by atoms with E-state index in [2.05, 4.69) is 11.9 Å². The minimum atomic E-state index is -0.940. The van der Waals surface area contributed by atoms with Crippen molar-refractivity contribution in [1.82, 2.24) is 9.55 Å². The summed E-state index contributed by atoms with van der Waals surface area (Å²) in [4.78, 5) is 25.9. The van der Waals surface area contributed by atoms with Crippen molar-refractivity contribution in [3.05, 3.63) is 58.5 Å². The van der Waals surface area contributed by atoms with Crippen molar-refractivity contribution >= 4 is 17.0 Å². The van der Waals surface area contributed by atoms with Crippen LogP contribution in [0, 0.1) is 0 Å². The van der Waals surface area contributed by atoms with E-state index >= 15 is 0 Å². The molecule has 5 nitrogen and oxygen atoms in total. The molecule has 0 aliphatic heterocycles. The van der Waals surface area contributed by atoms with Gasteiger partial charge in [-0.2, -0.15) is 0 Å². The average molecular weight is 310 g/mol. The highest BCUT2D eigenvalue weighted by Gasteiger charge is 2.08. The quantitative estimate of drug-likeness (QED) is 0.757. The van der Waals surface area contributed by atoms with E-state index in [4.69, 9.17) is 5.11 Å². The molecule has 0 unspecified atom stereocenters. The van der Waals surface area contributed by atoms with Gasteiger partial charge in [-0.05, 0) is 41.8 Å². The van der Waals surface area contributed by atoms with Crippen molar-refractivity contribution in [2.24, 2.45) is 0 Å². The molecule has 0 bridgehead atoms. The van der Waals surface area contributed by atoms with Crippen molar-refractivity contribution < 1.29 is 9.90 Å². The number of benzene rings is 2. The fourth-order valence-corrected chi connectivity index (χ4v) is 2.69. The number of hydrogen-bond donors (Lipinski definition) is 2. The molecule has 1 heterocycles. The average Bonchev–Trinajstić information content (AvgIpc) is 2.87. The molecule has 0 aliphatic carbocycles. The van der Waals surface area contributed by atoms with Gasteiger partial charge in [-0.1, -0.05) is 31.5 Å². The summed E-state index contributed by atoms with van der Waals surface area (Å²) in [6.07, 6.45) is 2.00. The molecule has 2 N–H and O–H groups in total. The molecule has 3 rings (SSSR count). The van der Waals surface area contributed by atoms with E-state index in [1.165, 1.54) is 0 Å². The summed E-state index contributed by atoms with van der Waals surface area (Å²) >= 11 is 0. The van der Waals surface area contributed by atoms with Crippen LogP contribution < -0.4 is 5.69 Å². The van der Waals surface area contributed by atoms with Crippen molar-refractivity contribution in [2.75, 3.05) is 0 Å². The van der Waals surface area contributed by atoms with E-state index in [1.807, 2.05) is 18.2 Å². The van der Waals surface area contributed by atoms with Crippen LogP contribution in [0.25, 0.3) is 22.2 Å². The number of unbranched alkanes of at least 4 members (excludes halogenated alkanes) is 1. The molecule has 1 aromatic heterocycles. The topological polar surface area (TPSA) is 75.1 Å². The highest BCUT2D eigenvalue weighted by molar-refractivity contribution is 5.89. The highest BCUT2D eigenvalue weighted by atomic mass is 16.4. The first-order valence-corrected chi connectivity index (χ1v) is 7.66. The molecule has 5 heteroatoms. The van der Waals surface area contributed by atoms with Crippen molar-refractivity contribution in [3.63, 3.8) is 0 Å². The predicted octanol–water partition coefficient (Wildman–Crippen LogP) is 3.49. The second-order valence-electron chi connectivity index (χ2n) is 5.55. The summed E-state index contributed by atoms with van der Waals surface area (Å²) < 4.78 is 1.76. The minimum Gasteiger partial charge on any atom is -0.478 e. The lowest BCUT2D eigenvalue weighted by atomic mass is 10.0. The van der Waals surface area contributed by atoms with Crippen LogP contribution in [0.5, 0.6) is 0 Å². The fourth-order valence-electron chi connectivity index (χ4n) is 2.69. The van der Waals surface area contributed by atoms with Gasteiger partial charge in [0.15, 0.2) is 0 Å². The van der Waals surface area contributed by atoms with E-state index < -0.39 is 5.97 Å². The van der Waals surface area contributed by atoms with Crippen LogP contribution in [-0.2, 0) is 6.54 Å². The summed E-state index contributed by atoms with van der Waals surface area (Å²) in [5.74, 6) is -0.940. The van der Waals surface area contributed by atoms with Gasteiger partial charge in [0.25, 0.3) is 0 Å². The summed E-state index contributed by atoms with van der Waals surface area (Å²) in [7, 11) is 0. The largest absolute Gasteiger partial charge is 0.478 e. The number of fused-ring (bicyclic) bond motifs is 1. The Morgan fingerprint density at radius 1 is 1.13 bits per heavy atom. The first-order valence-electron chi connectivity index (χ1n) is 7.66. The molecule has 0 fully saturated rings. The Kier molecular flexibility index (Phi) is 4.02. The van der Waals surface area contributed by atoms with Gasteiger partial charge in [0.2, 0.25) is 0 Å². The Morgan fingerprint density at radius 2 is 1.83 bits per heavy atom. The zero-order valence-electron chi connectivity index (χ0n) is 12.9. The molecule has 3 aromatic rings. The van der Waals surface area contributed by atoms with Crippen LogP contribution in [0.3, 0.4) is 0 Å². The Hall–Kier alpha value is -2.82. The number of carboxylic acids is 1. The monoisotopic (exact) mass is 310 g/mol. The number of carboxylic acid groups (broad SMARTS) is 1. The van der Waals surface area contributed by atoms with E-state index in [0.717, 1.165) is 35.0 Å². The molecule has 0 spiro atoms. The maximum absolute atomic E-state index is 12.1. The molecule has 0 saturated carbocycles. The Balaban J connectivity index is 2.00. The number of H-pyrrole nitrogens is 1. The Bertz CT molecular complexity index is 904. The van der Waals surface area contributed by atoms with Gasteiger partial charge in [-0.15, -0.1) is 0 Å². The van der Waals surface area contributed by atoms with Gasteiger partial charge < -0.3 is 10.1 Å². The molecular formula is C18H18N2O3. The number of nitrogens with one attached hydrogen (secondary N) is 1. The van der Waals surface area contributed by atoms with Gasteiger partial charge in [0.05, 0.1) is 16.6 Å². The van der Waals surface area contributed by atoms with Crippen LogP contribution >= 0.6 is 0 Å². The van der Waals surface area contributed by atoms with E-state index in [0.29, 0.717) is 6.54 Å². The zero-order valence-corrected chi connectivity index (χ0v) is 12.9. The van der Waals surface area contributed by atoms with Gasteiger partial charge >= 0.3 is 11.7 Å². The molecule has 0 radical (unpaired) electrons. The standard InChI is InChI=1S/C18H18N2O3/c1-2-3-10-20-16-9-8-14(11-15(16)19-18(20)23)12-4-6-13(7-5-12)17(21)22/h4-9,11H,2-3,10H2,1H3,(H,19,23)(H,21,22). The van der Waals surface area contributed by atoms with Crippen molar-refractivity contribution in [1.29, 1.82) is 0 Å². The molecular weight excluding hydrogens is 292 g/mol. The number of aromatic nitrogens is 2. The Labute approximate surface area is 133 Å². The number of aromatic amines is 1. The number of aromatic carboxylic acids is 1. The molecule has 118 valence electrons. The second-order valence-corrected chi connectivity index (χ2v) is 5.55. The van der Waals surface area contributed by atoms with E-state index in [-0.39, 0.29) is 11.3 Å². The van der Waals surface area contributed by atoms with Crippen LogP contribution in [0.2, 0.25) is 0 Å². The number of aryl methyl sites for hydroxylation is 1. The SMILES string of the molecule is CCCCn1c(=O)[nH]c2cc(-c3ccc(C(=O)O)cc3)ccc21. The summed E-state index contributed by atoms with van der Waals surface area (Å²) in [6, 6.07) is 12.5. The maximum atomic E-state index is 12.1. The Morgan fingerprint density at radius 3 is 2.48 bits per heavy atom. The number of hydrogen-bond acceptors (Lipinski definition) is 2. The molecule has 0 saturated heterocycles. The third kappa shape index (κ3) is 2.90. The molecule has 23 heavy (non-hydrogen) atoms. The minimum absolute atomic E-state index is 0.0909. The van der Waals surface area contributed by atoms with Crippen LogP contribution in [-0.4, -0.2) is 20.6 Å². The first kappa shape index (κ1) is 15.1. The van der Waals surface area contributed by atoms with E-state index in [1.54, 1.807) is 28.8 Å². The second kappa shape index (κ2) is 6.12. The van der Waals surface area contributed by atoms with Crippen LogP contribution in [0.15, 0.2) is 47.3 Å². The van der Waals surface area contributed by atoms with Gasteiger partial charge in [-0.25, -0.2) is 9.59 Å². The summed E-state index contributed by atoms with van der Waals surface area (Å²) in [5, 5.41) is 8.95. The van der Waals surface area contributed by atoms with E-state index in [9.17, 15) is 9.59 Å². The lowest BCUT2D eigenvalue weighted by Gasteiger charge is -2.05. The highest BCUT2D eigenvalue weighted by Crippen LogP contribution is 2.23.